The lowest BCUT2D eigenvalue weighted by molar-refractivity contribution is -0.122. The summed E-state index contributed by atoms with van der Waals surface area (Å²) in [6.07, 6.45) is 3.44. The lowest BCUT2D eigenvalue weighted by atomic mass is 9.95. The third-order valence-electron chi connectivity index (χ3n) is 5.22. The molecule has 0 spiro atoms. The van der Waals surface area contributed by atoms with Gasteiger partial charge in [-0.3, -0.25) is 4.79 Å². The van der Waals surface area contributed by atoms with Gasteiger partial charge >= 0.3 is 0 Å². The Morgan fingerprint density at radius 1 is 1.48 bits per heavy atom. The smallest absolute Gasteiger partial charge is 0.227 e. The molecule has 0 radical (unpaired) electrons. The van der Waals surface area contributed by atoms with E-state index in [0.29, 0.717) is 37.2 Å². The summed E-state index contributed by atoms with van der Waals surface area (Å²) in [5.74, 6) is 2.18. The molecule has 1 amide bonds. The number of aldehydes is 1. The largest absolute Gasteiger partial charge is 0.396 e. The molecule has 6 nitrogen and oxygen atoms in total. The first kappa shape index (κ1) is 15.9. The number of hydrogen-bond donors (Lipinski definition) is 2. The number of rotatable bonds is 7. The van der Waals surface area contributed by atoms with Gasteiger partial charge in [0.25, 0.3) is 0 Å². The quantitative estimate of drug-likeness (QED) is 0.718. The van der Waals surface area contributed by atoms with Gasteiger partial charge in [-0.2, -0.15) is 0 Å². The molecule has 23 heavy (non-hydrogen) atoms. The summed E-state index contributed by atoms with van der Waals surface area (Å²) in [5.41, 5.74) is 0.840. The summed E-state index contributed by atoms with van der Waals surface area (Å²) in [4.78, 5) is 29.3. The molecule has 2 N–H and O–H groups in total. The van der Waals surface area contributed by atoms with Crippen LogP contribution in [0.4, 0.5) is 5.82 Å². The summed E-state index contributed by atoms with van der Waals surface area (Å²) < 4.78 is 0. The molecule has 6 heteroatoms. The van der Waals surface area contributed by atoms with E-state index in [-0.39, 0.29) is 11.8 Å². The molecule has 3 rings (SSSR count). The van der Waals surface area contributed by atoms with Gasteiger partial charge in [0.15, 0.2) is 0 Å². The summed E-state index contributed by atoms with van der Waals surface area (Å²) in [6, 6.07) is 3.88. The van der Waals surface area contributed by atoms with Crippen LogP contribution in [-0.2, 0) is 9.59 Å². The fraction of sp³-hybridized carbons (Fsp3) is 0.588. The van der Waals surface area contributed by atoms with E-state index in [9.17, 15) is 14.7 Å². The van der Waals surface area contributed by atoms with E-state index < -0.39 is 0 Å². The number of fused-ring (bicyclic) bond motifs is 1. The van der Waals surface area contributed by atoms with Crippen LogP contribution in [0.25, 0.3) is 0 Å². The third kappa shape index (κ3) is 3.08. The van der Waals surface area contributed by atoms with Crippen LogP contribution in [0.1, 0.15) is 24.3 Å². The number of anilines is 1. The first-order chi connectivity index (χ1) is 11.2. The normalized spacial score (nSPS) is 26.5. The zero-order valence-corrected chi connectivity index (χ0v) is 13.3. The molecule has 1 aromatic rings. The van der Waals surface area contributed by atoms with Gasteiger partial charge in [0.2, 0.25) is 5.91 Å². The Morgan fingerprint density at radius 3 is 2.74 bits per heavy atom. The van der Waals surface area contributed by atoms with Crippen molar-refractivity contribution in [3.63, 3.8) is 0 Å². The van der Waals surface area contributed by atoms with Crippen LogP contribution in [0.15, 0.2) is 18.3 Å². The first-order valence-corrected chi connectivity index (χ1v) is 8.16. The molecule has 124 valence electrons. The molecular formula is C17H23N3O3. The summed E-state index contributed by atoms with van der Waals surface area (Å²) in [6.45, 7) is 2.19. The number of aliphatic hydroxyl groups is 1. The minimum absolute atomic E-state index is 0.0883. The van der Waals surface area contributed by atoms with Gasteiger partial charge in [-0.1, -0.05) is 6.07 Å². The number of hydrogen-bond acceptors (Lipinski definition) is 5. The van der Waals surface area contributed by atoms with Crippen LogP contribution < -0.4 is 10.2 Å². The first-order valence-electron chi connectivity index (χ1n) is 8.16. The Balaban J connectivity index is 1.66. The third-order valence-corrected chi connectivity index (χ3v) is 5.22. The number of piperidine rings is 1. The van der Waals surface area contributed by atoms with Gasteiger partial charge in [-0.25, -0.2) is 4.98 Å². The van der Waals surface area contributed by atoms with Crippen molar-refractivity contribution in [1.82, 2.24) is 10.3 Å². The van der Waals surface area contributed by atoms with Crippen molar-refractivity contribution in [2.45, 2.75) is 18.8 Å². The van der Waals surface area contributed by atoms with Crippen molar-refractivity contribution in [3.05, 3.63) is 23.9 Å². The molecule has 2 fully saturated rings. The number of aromatic nitrogens is 1. The van der Waals surface area contributed by atoms with E-state index >= 15 is 0 Å². The number of nitrogens with one attached hydrogen (secondary N) is 1. The molecule has 1 saturated carbocycles. The number of likely N-dealkylation sites (N-methyl/N-ethyl adjacent to an activating group) is 1. The molecule has 1 aliphatic heterocycles. The van der Waals surface area contributed by atoms with E-state index in [0.717, 1.165) is 30.8 Å². The van der Waals surface area contributed by atoms with Crippen molar-refractivity contribution in [2.75, 3.05) is 31.6 Å². The predicted molar refractivity (Wildman–Crippen MR) is 86.1 cm³/mol. The molecule has 3 unspecified atom stereocenters. The van der Waals surface area contributed by atoms with Gasteiger partial charge in [-0.05, 0) is 35.8 Å². The minimum atomic E-state index is -0.336. The number of carbonyl (C=O) groups excluding carboxylic acids is 2. The average Bonchev–Trinajstić information content (AvgIpc) is 3.06. The zero-order valence-electron chi connectivity index (χ0n) is 13.3. The van der Waals surface area contributed by atoms with E-state index in [1.807, 2.05) is 12.1 Å². The van der Waals surface area contributed by atoms with E-state index in [1.165, 1.54) is 0 Å². The SMILES string of the molecule is CNC(=O)C(CCC=O)c1ccc(N2CC3C(CO)C3C2)nc1. The highest BCUT2D eigenvalue weighted by Crippen LogP contribution is 2.51. The fourth-order valence-corrected chi connectivity index (χ4v) is 3.76. The molecule has 0 aromatic carbocycles. The van der Waals surface area contributed by atoms with Crippen molar-refractivity contribution in [1.29, 1.82) is 0 Å². The maximum absolute atomic E-state index is 12.0. The second-order valence-corrected chi connectivity index (χ2v) is 6.44. The number of amides is 1. The maximum atomic E-state index is 12.0. The van der Waals surface area contributed by atoms with Crippen LogP contribution >= 0.6 is 0 Å². The Hall–Kier alpha value is -1.95. The van der Waals surface area contributed by atoms with Crippen LogP contribution in [0.2, 0.25) is 0 Å². The van der Waals surface area contributed by atoms with Crippen LogP contribution in [0.5, 0.6) is 0 Å². The Morgan fingerprint density at radius 2 is 2.22 bits per heavy atom. The van der Waals surface area contributed by atoms with E-state index in [2.05, 4.69) is 15.2 Å². The summed E-state index contributed by atoms with van der Waals surface area (Å²) in [7, 11) is 1.60. The van der Waals surface area contributed by atoms with Crippen LogP contribution in [0, 0.1) is 17.8 Å². The lowest BCUT2D eigenvalue weighted by Gasteiger charge is -2.21. The molecular weight excluding hydrogens is 294 g/mol. The van der Waals surface area contributed by atoms with Crippen molar-refractivity contribution < 1.29 is 14.7 Å². The second-order valence-electron chi connectivity index (χ2n) is 6.44. The molecule has 2 heterocycles. The van der Waals surface area contributed by atoms with Crippen molar-refractivity contribution in [2.24, 2.45) is 17.8 Å². The summed E-state index contributed by atoms with van der Waals surface area (Å²) in [5, 5.41) is 11.9. The number of pyridine rings is 1. The zero-order chi connectivity index (χ0) is 16.4. The number of nitrogens with zero attached hydrogens (tertiary/aromatic N) is 2. The van der Waals surface area contributed by atoms with E-state index in [4.69, 9.17) is 0 Å². The molecule has 1 saturated heterocycles. The van der Waals surface area contributed by atoms with E-state index in [1.54, 1.807) is 13.2 Å². The fourth-order valence-electron chi connectivity index (χ4n) is 3.76. The van der Waals surface area contributed by atoms with Gasteiger partial charge < -0.3 is 20.1 Å². The summed E-state index contributed by atoms with van der Waals surface area (Å²) >= 11 is 0. The van der Waals surface area contributed by atoms with Gasteiger partial charge in [0, 0.05) is 39.4 Å². The number of aliphatic hydroxyl groups excluding tert-OH is 1. The highest BCUT2D eigenvalue weighted by atomic mass is 16.3. The molecule has 2 aliphatic rings. The Kier molecular flexibility index (Phi) is 4.61. The van der Waals surface area contributed by atoms with Gasteiger partial charge in [-0.15, -0.1) is 0 Å². The molecule has 1 aliphatic carbocycles. The number of carbonyl (C=O) groups is 2. The topological polar surface area (TPSA) is 82.5 Å². The van der Waals surface area contributed by atoms with Gasteiger partial charge in [0.1, 0.15) is 12.1 Å². The monoisotopic (exact) mass is 317 g/mol. The van der Waals surface area contributed by atoms with Crippen LogP contribution in [-0.4, -0.2) is 49.0 Å². The van der Waals surface area contributed by atoms with Crippen molar-refractivity contribution in [3.8, 4) is 0 Å². The second kappa shape index (κ2) is 6.66. The van der Waals surface area contributed by atoms with Crippen LogP contribution in [0.3, 0.4) is 0 Å². The highest BCUT2D eigenvalue weighted by molar-refractivity contribution is 5.83. The van der Waals surface area contributed by atoms with Crippen molar-refractivity contribution >= 4 is 18.0 Å². The minimum Gasteiger partial charge on any atom is -0.396 e. The molecule has 3 atom stereocenters. The Bertz CT molecular complexity index is 563. The van der Waals surface area contributed by atoms with Gasteiger partial charge in [0.05, 0.1) is 5.92 Å². The standard InChI is InChI=1S/C17H23N3O3/c1-18-17(23)12(3-2-6-21)11-4-5-16(19-7-11)20-8-13-14(9-20)15(13)10-22/h4-7,12-15,22H,2-3,8-10H2,1H3,(H,18,23). The highest BCUT2D eigenvalue weighted by Gasteiger charge is 2.55. The molecule has 0 bridgehead atoms. The molecule has 1 aromatic heterocycles. The average molecular weight is 317 g/mol. The maximum Gasteiger partial charge on any atom is 0.227 e. The lowest BCUT2D eigenvalue weighted by Crippen LogP contribution is -2.27. The Labute approximate surface area is 135 Å². The predicted octanol–water partition coefficient (Wildman–Crippen LogP) is 0.565.